The van der Waals surface area contributed by atoms with E-state index >= 15 is 0 Å². The molecule has 0 aliphatic heterocycles. The van der Waals surface area contributed by atoms with Crippen LogP contribution in [-0.2, 0) is 10.0 Å². The lowest BCUT2D eigenvalue weighted by Crippen LogP contribution is -2.14. The van der Waals surface area contributed by atoms with Crippen LogP contribution in [0.3, 0.4) is 0 Å². The van der Waals surface area contributed by atoms with Crippen molar-refractivity contribution < 1.29 is 22.0 Å². The Balaban J connectivity index is 1.72. The van der Waals surface area contributed by atoms with Crippen LogP contribution in [0.2, 0.25) is 0 Å². The van der Waals surface area contributed by atoms with Gasteiger partial charge in [-0.3, -0.25) is 9.52 Å². The first kappa shape index (κ1) is 19.5. The molecular formula is C20H16F2N2O3S. The maximum Gasteiger partial charge on any atom is 0.261 e. The van der Waals surface area contributed by atoms with Gasteiger partial charge in [0.25, 0.3) is 15.9 Å². The van der Waals surface area contributed by atoms with Gasteiger partial charge in [0.15, 0.2) is 0 Å². The average Bonchev–Trinajstić information content (AvgIpc) is 2.64. The first-order valence-corrected chi connectivity index (χ1v) is 9.69. The second-order valence-corrected chi connectivity index (χ2v) is 7.76. The Labute approximate surface area is 161 Å². The molecule has 0 unspecified atom stereocenters. The Morgan fingerprint density at radius 1 is 0.893 bits per heavy atom. The van der Waals surface area contributed by atoms with Crippen LogP contribution in [0.15, 0.2) is 71.6 Å². The molecule has 3 aromatic carbocycles. The number of amides is 1. The number of anilines is 2. The van der Waals surface area contributed by atoms with E-state index in [1.807, 2.05) is 6.92 Å². The number of carbonyl (C=O) groups is 1. The molecule has 0 saturated heterocycles. The van der Waals surface area contributed by atoms with Gasteiger partial charge < -0.3 is 5.32 Å². The number of carbonyl (C=O) groups excluding carboxylic acids is 1. The molecule has 0 saturated carbocycles. The number of aryl methyl sites for hydroxylation is 1. The van der Waals surface area contributed by atoms with E-state index in [2.05, 4.69) is 10.0 Å². The molecule has 0 spiro atoms. The highest BCUT2D eigenvalue weighted by Crippen LogP contribution is 2.19. The van der Waals surface area contributed by atoms with Gasteiger partial charge >= 0.3 is 0 Å². The SMILES string of the molecule is Cc1ccc(S(=O)(=O)Nc2ccc(C(=O)Nc3ccc(F)cc3F)cc2)cc1. The van der Waals surface area contributed by atoms with Crippen LogP contribution >= 0.6 is 0 Å². The van der Waals surface area contributed by atoms with Crippen molar-refractivity contribution in [2.75, 3.05) is 10.0 Å². The highest BCUT2D eigenvalue weighted by Gasteiger charge is 2.15. The molecule has 0 aliphatic rings. The van der Waals surface area contributed by atoms with Crippen LogP contribution in [0, 0.1) is 18.6 Å². The number of nitrogens with one attached hydrogen (secondary N) is 2. The minimum absolute atomic E-state index is 0.117. The zero-order chi connectivity index (χ0) is 20.3. The van der Waals surface area contributed by atoms with Crippen molar-refractivity contribution in [3.05, 3.63) is 89.5 Å². The van der Waals surface area contributed by atoms with Crippen molar-refractivity contribution in [1.82, 2.24) is 0 Å². The molecule has 5 nitrogen and oxygen atoms in total. The third kappa shape index (κ3) is 4.52. The van der Waals surface area contributed by atoms with Gasteiger partial charge in [-0.15, -0.1) is 0 Å². The molecule has 0 atom stereocenters. The first-order valence-electron chi connectivity index (χ1n) is 8.20. The largest absolute Gasteiger partial charge is 0.319 e. The van der Waals surface area contributed by atoms with Crippen molar-refractivity contribution in [1.29, 1.82) is 0 Å². The monoisotopic (exact) mass is 402 g/mol. The summed E-state index contributed by atoms with van der Waals surface area (Å²) in [5, 5.41) is 2.33. The van der Waals surface area contributed by atoms with Crippen LogP contribution < -0.4 is 10.0 Å². The fourth-order valence-corrected chi connectivity index (χ4v) is 3.47. The Kier molecular flexibility index (Phi) is 5.41. The predicted octanol–water partition coefficient (Wildman–Crippen LogP) is 4.33. The lowest BCUT2D eigenvalue weighted by atomic mass is 10.2. The number of hydrogen-bond acceptors (Lipinski definition) is 3. The molecule has 0 heterocycles. The van der Waals surface area contributed by atoms with E-state index in [4.69, 9.17) is 0 Å². The summed E-state index contributed by atoms with van der Waals surface area (Å²) >= 11 is 0. The molecule has 0 aromatic heterocycles. The van der Waals surface area contributed by atoms with Crippen molar-refractivity contribution in [2.24, 2.45) is 0 Å². The van der Waals surface area contributed by atoms with Gasteiger partial charge in [-0.2, -0.15) is 0 Å². The second-order valence-electron chi connectivity index (χ2n) is 6.07. The second kappa shape index (κ2) is 7.77. The molecular weight excluding hydrogens is 386 g/mol. The Bertz CT molecular complexity index is 1110. The summed E-state index contributed by atoms with van der Waals surface area (Å²) in [5.74, 6) is -2.25. The topological polar surface area (TPSA) is 75.3 Å². The van der Waals surface area contributed by atoms with E-state index in [1.165, 1.54) is 36.4 Å². The first-order chi connectivity index (χ1) is 13.2. The summed E-state index contributed by atoms with van der Waals surface area (Å²) < 4.78 is 53.7. The zero-order valence-corrected chi connectivity index (χ0v) is 15.6. The molecule has 0 bridgehead atoms. The molecule has 3 rings (SSSR count). The highest BCUT2D eigenvalue weighted by molar-refractivity contribution is 7.92. The summed E-state index contributed by atoms with van der Waals surface area (Å²) in [6, 6.07) is 14.8. The summed E-state index contributed by atoms with van der Waals surface area (Å²) in [4.78, 5) is 12.3. The number of halogens is 2. The molecule has 0 fully saturated rings. The number of hydrogen-bond donors (Lipinski definition) is 2. The van der Waals surface area contributed by atoms with Crippen molar-refractivity contribution in [3.8, 4) is 0 Å². The normalized spacial score (nSPS) is 11.1. The summed E-state index contributed by atoms with van der Waals surface area (Å²) in [6.07, 6.45) is 0. The van der Waals surface area contributed by atoms with E-state index < -0.39 is 27.6 Å². The lowest BCUT2D eigenvalue weighted by molar-refractivity contribution is 0.102. The predicted molar refractivity (Wildman–Crippen MR) is 103 cm³/mol. The van der Waals surface area contributed by atoms with E-state index in [0.29, 0.717) is 6.07 Å². The van der Waals surface area contributed by atoms with Gasteiger partial charge in [-0.25, -0.2) is 17.2 Å². The van der Waals surface area contributed by atoms with E-state index in [-0.39, 0.29) is 21.8 Å². The molecule has 0 aliphatic carbocycles. The third-order valence-electron chi connectivity index (χ3n) is 3.91. The standard InChI is InChI=1S/C20H16F2N2O3S/c1-13-2-9-17(10-3-13)28(26,27)24-16-7-4-14(5-8-16)20(25)23-19-11-6-15(21)12-18(19)22/h2-12,24H,1H3,(H,23,25). The van der Waals surface area contributed by atoms with Crippen molar-refractivity contribution in [3.63, 3.8) is 0 Å². The molecule has 144 valence electrons. The van der Waals surface area contributed by atoms with Gasteiger partial charge in [0.2, 0.25) is 0 Å². The van der Waals surface area contributed by atoms with Crippen LogP contribution in [0.1, 0.15) is 15.9 Å². The molecule has 3 aromatic rings. The average molecular weight is 402 g/mol. The summed E-state index contributed by atoms with van der Waals surface area (Å²) in [6.45, 7) is 1.85. The smallest absolute Gasteiger partial charge is 0.261 e. The molecule has 2 N–H and O–H groups in total. The highest BCUT2D eigenvalue weighted by atomic mass is 32.2. The third-order valence-corrected chi connectivity index (χ3v) is 5.31. The van der Waals surface area contributed by atoms with Crippen LogP contribution in [-0.4, -0.2) is 14.3 Å². The zero-order valence-electron chi connectivity index (χ0n) is 14.7. The van der Waals surface area contributed by atoms with Crippen LogP contribution in [0.25, 0.3) is 0 Å². The Morgan fingerprint density at radius 2 is 1.54 bits per heavy atom. The molecule has 0 radical (unpaired) electrons. The number of sulfonamides is 1. The number of benzene rings is 3. The van der Waals surface area contributed by atoms with Gasteiger partial charge in [0, 0.05) is 17.3 Å². The molecule has 8 heteroatoms. The maximum absolute atomic E-state index is 13.6. The maximum atomic E-state index is 13.6. The minimum atomic E-state index is -3.76. The van der Waals surface area contributed by atoms with Crippen molar-refractivity contribution in [2.45, 2.75) is 11.8 Å². The van der Waals surface area contributed by atoms with Gasteiger partial charge in [0.1, 0.15) is 11.6 Å². The Hall–Kier alpha value is -3.26. The van der Waals surface area contributed by atoms with E-state index in [9.17, 15) is 22.0 Å². The Morgan fingerprint density at radius 3 is 2.14 bits per heavy atom. The van der Waals surface area contributed by atoms with E-state index in [0.717, 1.165) is 17.7 Å². The fourth-order valence-electron chi connectivity index (χ4n) is 2.41. The van der Waals surface area contributed by atoms with Gasteiger partial charge in [-0.05, 0) is 55.5 Å². The minimum Gasteiger partial charge on any atom is -0.319 e. The van der Waals surface area contributed by atoms with Crippen LogP contribution in [0.5, 0.6) is 0 Å². The number of rotatable bonds is 5. The lowest BCUT2D eigenvalue weighted by Gasteiger charge is -2.10. The fraction of sp³-hybridized carbons (Fsp3) is 0.0500. The van der Waals surface area contributed by atoms with Gasteiger partial charge in [0.05, 0.1) is 10.6 Å². The quantitative estimate of drug-likeness (QED) is 0.667. The molecule has 28 heavy (non-hydrogen) atoms. The van der Waals surface area contributed by atoms with Crippen molar-refractivity contribution >= 4 is 27.3 Å². The summed E-state index contributed by atoms with van der Waals surface area (Å²) in [7, 11) is -3.76. The molecule has 1 amide bonds. The van der Waals surface area contributed by atoms with E-state index in [1.54, 1.807) is 12.1 Å². The van der Waals surface area contributed by atoms with Crippen LogP contribution in [0.4, 0.5) is 20.2 Å². The van der Waals surface area contributed by atoms with Gasteiger partial charge in [-0.1, -0.05) is 17.7 Å². The summed E-state index contributed by atoms with van der Waals surface area (Å²) in [5.41, 5.74) is 1.23.